The van der Waals surface area contributed by atoms with Gasteiger partial charge in [0.25, 0.3) is 0 Å². The number of carbonyl (C=O) groups is 2. The van der Waals surface area contributed by atoms with Gasteiger partial charge >= 0.3 is 0 Å². The number of aromatic hydroxyl groups is 1. The first kappa shape index (κ1) is 16.4. The molecule has 2 saturated carbocycles. The molecule has 1 aromatic carbocycles. The van der Waals surface area contributed by atoms with Crippen LogP contribution in [0.4, 0.5) is 0 Å². The Kier molecular flexibility index (Phi) is 2.86. The van der Waals surface area contributed by atoms with Gasteiger partial charge in [-0.05, 0) is 18.4 Å². The third-order valence-corrected chi connectivity index (χ3v) is 6.75. The minimum Gasteiger partial charge on any atom is -0.508 e. The van der Waals surface area contributed by atoms with Gasteiger partial charge in [-0.25, -0.2) is 0 Å². The van der Waals surface area contributed by atoms with Crippen molar-refractivity contribution >= 4 is 11.6 Å². The lowest BCUT2D eigenvalue weighted by atomic mass is 9.49. The molecule has 138 valence electrons. The normalized spacial score (nSPS) is 48.9. The number of hydrogen-bond acceptors (Lipinski definition) is 7. The summed E-state index contributed by atoms with van der Waals surface area (Å²) in [4.78, 5) is 26.1. The van der Waals surface area contributed by atoms with Gasteiger partial charge in [-0.2, -0.15) is 0 Å². The number of hydrogen-bond donors (Lipinski definition) is 4. The van der Waals surface area contributed by atoms with E-state index in [1.807, 2.05) is 6.92 Å². The van der Waals surface area contributed by atoms with Crippen LogP contribution in [0.1, 0.15) is 48.2 Å². The Labute approximate surface area is 149 Å². The average Bonchev–Trinajstić information content (AvgIpc) is 3.27. The number of carbonyl (C=O) groups excluding carboxylic acids is 2. The largest absolute Gasteiger partial charge is 0.508 e. The molecule has 7 heteroatoms. The van der Waals surface area contributed by atoms with E-state index < -0.39 is 46.5 Å². The molecular weight excluding hydrogens is 340 g/mol. The van der Waals surface area contributed by atoms with Gasteiger partial charge in [0.1, 0.15) is 17.6 Å². The standard InChI is InChI=1S/C19H20O7/c1-8-5-11(21)14-17(24,6-8)7-12(22)19-16(26-19)13-9(3-2-4-10(13)20)15(23)18(14,19)25/h2-4,8,12,14,16,20,22,24-25H,5-7H2,1H3/t8-,12-,14+,16-,17+,18+,19-/m0/s1. The number of ether oxygens (including phenoxy) is 1. The summed E-state index contributed by atoms with van der Waals surface area (Å²) >= 11 is 0. The van der Waals surface area contributed by atoms with E-state index in [1.54, 1.807) is 0 Å². The number of epoxide rings is 1. The van der Waals surface area contributed by atoms with Gasteiger partial charge in [0.2, 0.25) is 0 Å². The van der Waals surface area contributed by atoms with Gasteiger partial charge in [-0.15, -0.1) is 0 Å². The van der Waals surface area contributed by atoms with Crippen LogP contribution in [0.15, 0.2) is 18.2 Å². The van der Waals surface area contributed by atoms with Crippen LogP contribution >= 0.6 is 0 Å². The van der Waals surface area contributed by atoms with Crippen molar-refractivity contribution in [2.24, 2.45) is 11.8 Å². The third kappa shape index (κ3) is 1.55. The van der Waals surface area contributed by atoms with E-state index in [0.717, 1.165) is 0 Å². The predicted molar refractivity (Wildman–Crippen MR) is 86.4 cm³/mol. The lowest BCUT2D eigenvalue weighted by Crippen LogP contribution is -2.76. The van der Waals surface area contributed by atoms with Crippen LogP contribution in [0, 0.1) is 11.8 Å². The smallest absolute Gasteiger partial charge is 0.198 e. The van der Waals surface area contributed by atoms with Crippen LogP contribution < -0.4 is 0 Å². The second-order valence-electron chi connectivity index (χ2n) is 8.36. The van der Waals surface area contributed by atoms with E-state index in [0.29, 0.717) is 0 Å². The van der Waals surface area contributed by atoms with Crippen LogP contribution in [-0.4, -0.2) is 54.9 Å². The second kappa shape index (κ2) is 4.54. The SMILES string of the molecule is C[C@H]1CC(=O)[C@@H]2[C@@](O)(C1)C[C@H](O)[C@]13O[C@H]1c1c(O)cccc1C(=O)[C@]23O. The van der Waals surface area contributed by atoms with Gasteiger partial charge < -0.3 is 25.2 Å². The Bertz CT molecular complexity index is 865. The first-order chi connectivity index (χ1) is 12.2. The molecular formula is C19H20O7. The molecule has 5 rings (SSSR count). The molecule has 1 aliphatic heterocycles. The van der Waals surface area contributed by atoms with Crippen LogP contribution in [0.5, 0.6) is 5.75 Å². The first-order valence-electron chi connectivity index (χ1n) is 8.87. The van der Waals surface area contributed by atoms with Crippen molar-refractivity contribution in [2.45, 2.75) is 55.2 Å². The predicted octanol–water partition coefficient (Wildman–Crippen LogP) is 0.241. The summed E-state index contributed by atoms with van der Waals surface area (Å²) in [7, 11) is 0. The van der Waals surface area contributed by atoms with E-state index in [9.17, 15) is 30.0 Å². The topological polar surface area (TPSA) is 128 Å². The van der Waals surface area contributed by atoms with Gasteiger partial charge in [0.15, 0.2) is 17.0 Å². The highest BCUT2D eigenvalue weighted by molar-refractivity contribution is 6.11. The lowest BCUT2D eigenvalue weighted by molar-refractivity contribution is -0.219. The minimum atomic E-state index is -2.36. The molecule has 4 aliphatic rings. The van der Waals surface area contributed by atoms with E-state index in [4.69, 9.17) is 4.74 Å². The molecule has 3 fully saturated rings. The van der Waals surface area contributed by atoms with Crippen molar-refractivity contribution in [3.05, 3.63) is 29.3 Å². The highest BCUT2D eigenvalue weighted by Gasteiger charge is 2.86. The molecule has 1 saturated heterocycles. The number of fused-ring (bicyclic) bond motifs is 4. The van der Waals surface area contributed by atoms with Gasteiger partial charge in [0.05, 0.1) is 17.6 Å². The average molecular weight is 360 g/mol. The van der Waals surface area contributed by atoms with Crippen molar-refractivity contribution in [3.8, 4) is 5.75 Å². The van der Waals surface area contributed by atoms with E-state index in [2.05, 4.69) is 0 Å². The fraction of sp³-hybridized carbons (Fsp3) is 0.579. The molecule has 7 atom stereocenters. The molecule has 4 N–H and O–H groups in total. The maximum absolute atomic E-state index is 13.3. The van der Waals surface area contributed by atoms with E-state index in [-0.39, 0.29) is 42.1 Å². The minimum absolute atomic E-state index is 0.0634. The van der Waals surface area contributed by atoms with Crippen LogP contribution in [0.3, 0.4) is 0 Å². The summed E-state index contributed by atoms with van der Waals surface area (Å²) in [5, 5.41) is 43.7. The Morgan fingerprint density at radius 1 is 1.19 bits per heavy atom. The number of phenolic OH excluding ortho intramolecular Hbond substituents is 1. The summed E-state index contributed by atoms with van der Waals surface area (Å²) in [6.07, 6.45) is -2.04. The number of phenols is 1. The molecule has 1 heterocycles. The molecule has 1 aromatic rings. The van der Waals surface area contributed by atoms with E-state index >= 15 is 0 Å². The zero-order valence-corrected chi connectivity index (χ0v) is 14.2. The monoisotopic (exact) mass is 360 g/mol. The fourth-order valence-electron chi connectivity index (χ4n) is 5.86. The maximum atomic E-state index is 13.3. The molecule has 0 amide bonds. The first-order valence-corrected chi connectivity index (χ1v) is 8.87. The number of benzene rings is 1. The second-order valence-corrected chi connectivity index (χ2v) is 8.36. The number of ketones is 2. The number of rotatable bonds is 0. The van der Waals surface area contributed by atoms with Crippen molar-refractivity contribution in [1.29, 1.82) is 0 Å². The summed E-state index contributed by atoms with van der Waals surface area (Å²) in [6.45, 7) is 1.82. The Morgan fingerprint density at radius 3 is 2.65 bits per heavy atom. The van der Waals surface area contributed by atoms with Crippen molar-refractivity contribution in [1.82, 2.24) is 0 Å². The van der Waals surface area contributed by atoms with Crippen molar-refractivity contribution in [3.63, 3.8) is 0 Å². The van der Waals surface area contributed by atoms with Crippen molar-refractivity contribution < 1.29 is 34.8 Å². The molecule has 7 nitrogen and oxygen atoms in total. The van der Waals surface area contributed by atoms with E-state index in [1.165, 1.54) is 18.2 Å². The lowest BCUT2D eigenvalue weighted by Gasteiger charge is -2.56. The number of aliphatic hydroxyl groups excluding tert-OH is 1. The summed E-state index contributed by atoms with van der Waals surface area (Å²) in [6, 6.07) is 4.34. The number of Topliss-reactive ketones (excluding diaryl/α,β-unsaturated/α-hetero) is 2. The van der Waals surface area contributed by atoms with Gasteiger partial charge in [-0.3, -0.25) is 9.59 Å². The maximum Gasteiger partial charge on any atom is 0.198 e. The molecule has 26 heavy (non-hydrogen) atoms. The van der Waals surface area contributed by atoms with Gasteiger partial charge in [0, 0.05) is 24.0 Å². The van der Waals surface area contributed by atoms with Gasteiger partial charge in [-0.1, -0.05) is 19.1 Å². The molecule has 0 unspecified atom stereocenters. The fourth-order valence-corrected chi connectivity index (χ4v) is 5.86. The molecule has 0 aromatic heterocycles. The van der Waals surface area contributed by atoms with Crippen LogP contribution in [0.25, 0.3) is 0 Å². The van der Waals surface area contributed by atoms with Crippen LogP contribution in [0.2, 0.25) is 0 Å². The third-order valence-electron chi connectivity index (χ3n) is 6.75. The number of aliphatic hydroxyl groups is 3. The Hall–Kier alpha value is -1.80. The quantitative estimate of drug-likeness (QED) is 0.488. The zero-order chi connectivity index (χ0) is 18.6. The van der Waals surface area contributed by atoms with Crippen LogP contribution in [-0.2, 0) is 9.53 Å². The Balaban J connectivity index is 1.76. The summed E-state index contributed by atoms with van der Waals surface area (Å²) < 4.78 is 5.69. The summed E-state index contributed by atoms with van der Waals surface area (Å²) in [5.74, 6) is -2.81. The molecule has 0 radical (unpaired) electrons. The molecule has 1 spiro atoms. The van der Waals surface area contributed by atoms with Crippen molar-refractivity contribution in [2.75, 3.05) is 0 Å². The summed E-state index contributed by atoms with van der Waals surface area (Å²) in [5.41, 5.74) is -5.45. The molecule has 3 aliphatic carbocycles. The zero-order valence-electron chi connectivity index (χ0n) is 14.2. The highest BCUT2D eigenvalue weighted by Crippen LogP contribution is 2.70. The highest BCUT2D eigenvalue weighted by atomic mass is 16.6. The Morgan fingerprint density at radius 2 is 1.92 bits per heavy atom. The molecule has 0 bridgehead atoms.